The molecule has 2 aliphatic rings. The molecule has 0 bridgehead atoms. The molecular weight excluding hydrogens is 228 g/mol. The summed E-state index contributed by atoms with van der Waals surface area (Å²) in [5.74, 6) is 0.130. The lowest BCUT2D eigenvalue weighted by Crippen LogP contribution is -2.43. The fraction of sp³-hybridized carbons (Fsp3) is 0.714. The van der Waals surface area contributed by atoms with Crippen LogP contribution in [-0.2, 0) is 9.59 Å². The number of carbonyl (C=O) groups is 2. The number of allylic oxidation sites excluding steroid dienone is 1. The summed E-state index contributed by atoms with van der Waals surface area (Å²) in [6.45, 7) is 2.06. The minimum Gasteiger partial charge on any atom is -0.368 e. The third-order valence-electron chi connectivity index (χ3n) is 3.95. The van der Waals surface area contributed by atoms with Crippen LogP contribution in [0.3, 0.4) is 0 Å². The van der Waals surface area contributed by atoms with Gasteiger partial charge in [-0.15, -0.1) is 0 Å². The minimum atomic E-state index is -0.423. The molecule has 0 unspecified atom stereocenters. The van der Waals surface area contributed by atoms with Gasteiger partial charge in [-0.25, -0.2) is 0 Å². The van der Waals surface area contributed by atoms with Gasteiger partial charge in [0.25, 0.3) is 0 Å². The first-order valence-corrected chi connectivity index (χ1v) is 6.85. The van der Waals surface area contributed by atoms with Crippen molar-refractivity contribution in [2.75, 3.05) is 6.54 Å². The lowest BCUT2D eigenvalue weighted by atomic mass is 10.1. The highest BCUT2D eigenvalue weighted by molar-refractivity contribution is 5.91. The highest BCUT2D eigenvalue weighted by Gasteiger charge is 2.28. The summed E-state index contributed by atoms with van der Waals surface area (Å²) in [4.78, 5) is 25.0. The smallest absolute Gasteiger partial charge is 0.247 e. The number of carbonyl (C=O) groups excluding carboxylic acids is 2. The first kappa shape index (κ1) is 13.1. The van der Waals surface area contributed by atoms with E-state index in [4.69, 9.17) is 5.73 Å². The van der Waals surface area contributed by atoms with Gasteiger partial charge in [-0.2, -0.15) is 0 Å². The molecule has 2 fully saturated rings. The Morgan fingerprint density at radius 3 is 2.33 bits per heavy atom. The standard InChI is InChI=1S/C14H22N2O2/c1-10(11-6-7-11)8-14(18)16(9-13(15)17)12-4-2-3-5-12/h8,11-12H,2-7,9H2,1H3,(H2,15,17)/b10-8-. The molecule has 0 aromatic rings. The molecular formula is C14H22N2O2. The number of hydrogen-bond acceptors (Lipinski definition) is 2. The fourth-order valence-corrected chi connectivity index (χ4v) is 2.70. The molecule has 2 amide bonds. The van der Waals surface area contributed by atoms with E-state index in [0.29, 0.717) is 5.92 Å². The average Bonchev–Trinajstić information content (AvgIpc) is 3.02. The topological polar surface area (TPSA) is 63.4 Å². The van der Waals surface area contributed by atoms with Crippen molar-refractivity contribution >= 4 is 11.8 Å². The number of amides is 2. The number of rotatable bonds is 5. The Labute approximate surface area is 108 Å². The Balaban J connectivity index is 2.04. The quantitative estimate of drug-likeness (QED) is 0.753. The maximum atomic E-state index is 12.3. The van der Waals surface area contributed by atoms with E-state index in [-0.39, 0.29) is 18.5 Å². The third-order valence-corrected chi connectivity index (χ3v) is 3.95. The zero-order chi connectivity index (χ0) is 13.1. The molecule has 18 heavy (non-hydrogen) atoms. The van der Waals surface area contributed by atoms with E-state index in [1.54, 1.807) is 11.0 Å². The number of primary amides is 1. The Morgan fingerprint density at radius 1 is 1.22 bits per heavy atom. The van der Waals surface area contributed by atoms with Crippen LogP contribution in [0.2, 0.25) is 0 Å². The van der Waals surface area contributed by atoms with Crippen LogP contribution in [0, 0.1) is 5.92 Å². The fourth-order valence-electron chi connectivity index (χ4n) is 2.70. The van der Waals surface area contributed by atoms with Gasteiger partial charge < -0.3 is 10.6 Å². The molecule has 0 radical (unpaired) electrons. The van der Waals surface area contributed by atoms with Gasteiger partial charge in [0.05, 0.1) is 6.54 Å². The molecule has 0 spiro atoms. The average molecular weight is 250 g/mol. The zero-order valence-electron chi connectivity index (χ0n) is 11.0. The van der Waals surface area contributed by atoms with Crippen LogP contribution >= 0.6 is 0 Å². The third kappa shape index (κ3) is 3.34. The van der Waals surface area contributed by atoms with Crippen LogP contribution in [0.1, 0.15) is 45.4 Å². The molecule has 0 saturated heterocycles. The molecule has 0 aliphatic heterocycles. The van der Waals surface area contributed by atoms with E-state index in [0.717, 1.165) is 31.3 Å². The highest BCUT2D eigenvalue weighted by Crippen LogP contribution is 2.36. The monoisotopic (exact) mass is 250 g/mol. The van der Waals surface area contributed by atoms with Crippen molar-refractivity contribution in [3.63, 3.8) is 0 Å². The summed E-state index contributed by atoms with van der Waals surface area (Å²) in [6, 6.07) is 0.202. The van der Waals surface area contributed by atoms with Crippen molar-refractivity contribution in [1.82, 2.24) is 4.90 Å². The van der Waals surface area contributed by atoms with Gasteiger partial charge in [-0.3, -0.25) is 9.59 Å². The van der Waals surface area contributed by atoms with Gasteiger partial charge in [0.15, 0.2) is 0 Å². The van der Waals surface area contributed by atoms with Crippen LogP contribution in [0.4, 0.5) is 0 Å². The number of hydrogen-bond donors (Lipinski definition) is 1. The molecule has 0 atom stereocenters. The van der Waals surface area contributed by atoms with Crippen LogP contribution in [0.15, 0.2) is 11.6 Å². The van der Waals surface area contributed by atoms with Crippen molar-refractivity contribution in [2.45, 2.75) is 51.5 Å². The second kappa shape index (κ2) is 5.55. The molecule has 4 heteroatoms. The molecule has 2 saturated carbocycles. The van der Waals surface area contributed by atoms with Crippen LogP contribution in [-0.4, -0.2) is 29.3 Å². The van der Waals surface area contributed by atoms with E-state index < -0.39 is 5.91 Å². The van der Waals surface area contributed by atoms with Crippen LogP contribution < -0.4 is 5.73 Å². The second-order valence-corrected chi connectivity index (χ2v) is 5.53. The van der Waals surface area contributed by atoms with Gasteiger partial charge in [-0.05, 0) is 38.5 Å². The Bertz CT molecular complexity index is 366. The van der Waals surface area contributed by atoms with Crippen LogP contribution in [0.25, 0.3) is 0 Å². The summed E-state index contributed by atoms with van der Waals surface area (Å²) in [5.41, 5.74) is 6.39. The Hall–Kier alpha value is -1.32. The van der Waals surface area contributed by atoms with E-state index >= 15 is 0 Å². The maximum Gasteiger partial charge on any atom is 0.247 e. The Kier molecular flexibility index (Phi) is 4.04. The van der Waals surface area contributed by atoms with E-state index in [1.165, 1.54) is 12.8 Å². The first-order valence-electron chi connectivity index (χ1n) is 6.85. The highest BCUT2D eigenvalue weighted by atomic mass is 16.2. The summed E-state index contributed by atoms with van der Waals surface area (Å²) in [6.07, 6.45) is 8.35. The normalized spacial score (nSPS) is 21.1. The summed E-state index contributed by atoms with van der Waals surface area (Å²) in [5, 5.41) is 0. The number of nitrogens with two attached hydrogens (primary N) is 1. The van der Waals surface area contributed by atoms with Gasteiger partial charge >= 0.3 is 0 Å². The van der Waals surface area contributed by atoms with Crippen molar-refractivity contribution in [1.29, 1.82) is 0 Å². The predicted molar refractivity (Wildman–Crippen MR) is 69.6 cm³/mol. The first-order chi connectivity index (χ1) is 8.58. The van der Waals surface area contributed by atoms with Crippen LogP contribution in [0.5, 0.6) is 0 Å². The van der Waals surface area contributed by atoms with E-state index in [1.807, 2.05) is 6.92 Å². The zero-order valence-corrected chi connectivity index (χ0v) is 11.0. The molecule has 100 valence electrons. The largest absolute Gasteiger partial charge is 0.368 e. The molecule has 4 nitrogen and oxygen atoms in total. The van der Waals surface area contributed by atoms with Gasteiger partial charge in [0, 0.05) is 12.1 Å². The minimum absolute atomic E-state index is 0.0369. The molecule has 2 N–H and O–H groups in total. The van der Waals surface area contributed by atoms with Gasteiger partial charge in [0.2, 0.25) is 11.8 Å². The van der Waals surface area contributed by atoms with E-state index in [2.05, 4.69) is 0 Å². The lowest BCUT2D eigenvalue weighted by molar-refractivity contribution is -0.133. The second-order valence-electron chi connectivity index (χ2n) is 5.53. The summed E-state index contributed by atoms with van der Waals surface area (Å²) in [7, 11) is 0. The maximum absolute atomic E-state index is 12.3. The lowest BCUT2D eigenvalue weighted by Gasteiger charge is -2.26. The molecule has 0 aromatic carbocycles. The number of nitrogens with zero attached hydrogens (tertiary/aromatic N) is 1. The molecule has 2 aliphatic carbocycles. The van der Waals surface area contributed by atoms with Gasteiger partial charge in [-0.1, -0.05) is 18.4 Å². The SMILES string of the molecule is C/C(=C/C(=O)N(CC(N)=O)C1CCCC1)C1CC1. The predicted octanol–water partition coefficient (Wildman–Crippen LogP) is 1.60. The van der Waals surface area contributed by atoms with Crippen molar-refractivity contribution in [2.24, 2.45) is 11.7 Å². The molecule has 2 rings (SSSR count). The Morgan fingerprint density at radius 2 is 1.83 bits per heavy atom. The van der Waals surface area contributed by atoms with E-state index in [9.17, 15) is 9.59 Å². The van der Waals surface area contributed by atoms with Crippen molar-refractivity contribution in [3.05, 3.63) is 11.6 Å². The summed E-state index contributed by atoms with van der Waals surface area (Å²) >= 11 is 0. The van der Waals surface area contributed by atoms with Gasteiger partial charge in [0.1, 0.15) is 0 Å². The van der Waals surface area contributed by atoms with Crippen molar-refractivity contribution in [3.8, 4) is 0 Å². The summed E-state index contributed by atoms with van der Waals surface area (Å²) < 4.78 is 0. The molecule has 0 heterocycles. The van der Waals surface area contributed by atoms with Crippen molar-refractivity contribution < 1.29 is 9.59 Å². The molecule has 0 aromatic heterocycles.